The van der Waals surface area contributed by atoms with Crippen LogP contribution in [-0.4, -0.2) is 37.0 Å². The minimum absolute atomic E-state index is 0.150. The van der Waals surface area contributed by atoms with E-state index in [0.29, 0.717) is 12.2 Å². The van der Waals surface area contributed by atoms with Gasteiger partial charge in [0.15, 0.2) is 0 Å². The molecular weight excluding hydrogens is 326 g/mol. The topological polar surface area (TPSA) is 53.4 Å². The number of anilines is 2. The van der Waals surface area contributed by atoms with Crippen LogP contribution in [0.4, 0.5) is 11.4 Å². The van der Waals surface area contributed by atoms with Crippen molar-refractivity contribution in [3.05, 3.63) is 54.1 Å². The molecule has 0 saturated heterocycles. The van der Waals surface area contributed by atoms with Crippen LogP contribution in [0.2, 0.25) is 0 Å². The van der Waals surface area contributed by atoms with Crippen LogP contribution in [0, 0.1) is 0 Å². The van der Waals surface area contributed by atoms with Crippen molar-refractivity contribution in [2.75, 3.05) is 31.3 Å². The summed E-state index contributed by atoms with van der Waals surface area (Å²) in [6.07, 6.45) is 2.08. The van der Waals surface area contributed by atoms with Crippen LogP contribution in [0.5, 0.6) is 5.75 Å². The van der Waals surface area contributed by atoms with Gasteiger partial charge < -0.3 is 10.1 Å². The molecule has 2 rings (SSSR count). The van der Waals surface area contributed by atoms with E-state index in [1.54, 1.807) is 12.1 Å². The minimum Gasteiger partial charge on any atom is -0.494 e. The third kappa shape index (κ3) is 5.92. The predicted molar refractivity (Wildman–Crippen MR) is 108 cm³/mol. The second kappa shape index (κ2) is 9.61. The Kier molecular flexibility index (Phi) is 7.21. The zero-order chi connectivity index (χ0) is 18.9. The molecule has 0 spiro atoms. The molecule has 0 aliphatic carbocycles. The Hall–Kier alpha value is -2.82. The van der Waals surface area contributed by atoms with E-state index in [-0.39, 0.29) is 5.91 Å². The predicted octanol–water partition coefficient (Wildman–Crippen LogP) is 4.22. The quantitative estimate of drug-likeness (QED) is 0.339. The molecule has 138 valence electrons. The van der Waals surface area contributed by atoms with Gasteiger partial charge in [-0.2, -0.15) is 0 Å². The lowest BCUT2D eigenvalue weighted by atomic mass is 10.2. The van der Waals surface area contributed by atoms with Crippen molar-refractivity contribution in [1.29, 1.82) is 0 Å². The standard InChI is InChI=1S/C21H27N3O2/c1-5-6-14-26-20-9-7-8-17(15-20)21(25)23-19-12-10-18(11-13-19)22-16(2)24(3)4/h7-13,15H,5-6,14H2,1-4H3,(H,23,25)/p+1. The second-order valence-electron chi connectivity index (χ2n) is 6.37. The number of ether oxygens (including phenoxy) is 1. The van der Waals surface area contributed by atoms with Gasteiger partial charge in [-0.25, -0.2) is 5.32 Å². The molecule has 0 heterocycles. The number of nitrogens with one attached hydrogen (secondary N) is 2. The molecular formula is C21H28N3O2+. The number of benzene rings is 2. The Morgan fingerprint density at radius 1 is 1.04 bits per heavy atom. The van der Waals surface area contributed by atoms with Gasteiger partial charge >= 0.3 is 0 Å². The van der Waals surface area contributed by atoms with Crippen LogP contribution >= 0.6 is 0 Å². The first-order chi connectivity index (χ1) is 12.5. The van der Waals surface area contributed by atoms with Gasteiger partial charge in [-0.1, -0.05) is 19.4 Å². The number of amides is 1. The van der Waals surface area contributed by atoms with E-state index in [9.17, 15) is 4.79 Å². The Morgan fingerprint density at radius 2 is 1.69 bits per heavy atom. The summed E-state index contributed by atoms with van der Waals surface area (Å²) in [4.78, 5) is 12.5. The molecule has 0 aliphatic heterocycles. The van der Waals surface area contributed by atoms with E-state index < -0.39 is 0 Å². The van der Waals surface area contributed by atoms with Crippen molar-refractivity contribution in [2.24, 2.45) is 0 Å². The molecule has 2 aromatic rings. The summed E-state index contributed by atoms with van der Waals surface area (Å²) in [5, 5.41) is 6.22. The number of carbonyl (C=O) groups excluding carboxylic acids is 1. The number of hydrogen-bond donors (Lipinski definition) is 2. The van der Waals surface area contributed by atoms with E-state index in [1.807, 2.05) is 62.0 Å². The maximum absolute atomic E-state index is 12.5. The van der Waals surface area contributed by atoms with Gasteiger partial charge in [0, 0.05) is 18.2 Å². The average Bonchev–Trinajstić information content (AvgIpc) is 2.63. The largest absolute Gasteiger partial charge is 0.494 e. The fourth-order valence-corrected chi connectivity index (χ4v) is 2.22. The molecule has 0 saturated carbocycles. The highest BCUT2D eigenvalue weighted by Crippen LogP contribution is 2.17. The number of nitrogens with zero attached hydrogens (tertiary/aromatic N) is 1. The van der Waals surface area contributed by atoms with Gasteiger partial charge in [-0.3, -0.25) is 9.37 Å². The van der Waals surface area contributed by atoms with Crippen LogP contribution in [0.25, 0.3) is 0 Å². The molecule has 0 aromatic heterocycles. The van der Waals surface area contributed by atoms with Crippen molar-refractivity contribution in [3.8, 4) is 5.75 Å². The highest BCUT2D eigenvalue weighted by atomic mass is 16.5. The fraction of sp³-hybridized carbons (Fsp3) is 0.333. The fourth-order valence-electron chi connectivity index (χ4n) is 2.22. The van der Waals surface area contributed by atoms with Gasteiger partial charge in [-0.15, -0.1) is 0 Å². The molecule has 5 heteroatoms. The summed E-state index contributed by atoms with van der Waals surface area (Å²) in [6.45, 7) is 4.79. The van der Waals surface area contributed by atoms with Crippen molar-refractivity contribution < 1.29 is 14.1 Å². The molecule has 0 unspecified atom stereocenters. The number of unbranched alkanes of at least 4 members (excludes halogenated alkanes) is 1. The van der Waals surface area contributed by atoms with Crippen LogP contribution in [-0.2, 0) is 0 Å². The third-order valence-electron chi connectivity index (χ3n) is 4.00. The van der Waals surface area contributed by atoms with E-state index in [0.717, 1.165) is 35.8 Å². The van der Waals surface area contributed by atoms with E-state index in [4.69, 9.17) is 4.74 Å². The Bertz CT molecular complexity index is 763. The Morgan fingerprint density at radius 3 is 2.31 bits per heavy atom. The van der Waals surface area contributed by atoms with Crippen LogP contribution in [0.3, 0.4) is 0 Å². The Labute approximate surface area is 155 Å². The van der Waals surface area contributed by atoms with Crippen molar-refractivity contribution in [1.82, 2.24) is 0 Å². The van der Waals surface area contributed by atoms with Crippen molar-refractivity contribution >= 4 is 23.1 Å². The number of amidine groups is 1. The summed E-state index contributed by atoms with van der Waals surface area (Å²) in [5.74, 6) is 1.62. The molecule has 0 bridgehead atoms. The van der Waals surface area contributed by atoms with Gasteiger partial charge in [0.1, 0.15) is 11.4 Å². The highest BCUT2D eigenvalue weighted by Gasteiger charge is 2.08. The van der Waals surface area contributed by atoms with E-state index >= 15 is 0 Å². The van der Waals surface area contributed by atoms with Crippen LogP contribution in [0.1, 0.15) is 37.0 Å². The number of carbonyl (C=O) groups is 1. The van der Waals surface area contributed by atoms with Crippen molar-refractivity contribution in [2.45, 2.75) is 26.7 Å². The second-order valence-corrected chi connectivity index (χ2v) is 6.37. The lowest BCUT2D eigenvalue weighted by molar-refractivity contribution is -0.464. The molecule has 26 heavy (non-hydrogen) atoms. The van der Waals surface area contributed by atoms with Crippen LogP contribution < -0.4 is 15.4 Å². The van der Waals surface area contributed by atoms with E-state index in [1.165, 1.54) is 0 Å². The smallest absolute Gasteiger partial charge is 0.255 e. The van der Waals surface area contributed by atoms with Crippen LogP contribution in [0.15, 0.2) is 48.5 Å². The number of rotatable bonds is 7. The molecule has 5 nitrogen and oxygen atoms in total. The normalized spacial score (nSPS) is 10.2. The lowest BCUT2D eigenvalue weighted by Crippen LogP contribution is -2.18. The monoisotopic (exact) mass is 354 g/mol. The van der Waals surface area contributed by atoms with Gasteiger partial charge in [0.25, 0.3) is 5.91 Å². The van der Waals surface area contributed by atoms with Gasteiger partial charge in [0.2, 0.25) is 5.84 Å². The molecule has 2 aromatic carbocycles. The maximum atomic E-state index is 12.5. The average molecular weight is 354 g/mol. The first kappa shape index (κ1) is 19.5. The molecule has 1 amide bonds. The highest BCUT2D eigenvalue weighted by molar-refractivity contribution is 6.04. The molecule has 2 N–H and O–H groups in total. The zero-order valence-electron chi connectivity index (χ0n) is 16.0. The SMILES string of the molecule is CCCCOc1cccc(C(=O)Nc2ccc(NC(C)=[N+](C)C)cc2)c1. The summed E-state index contributed by atoms with van der Waals surface area (Å²) in [5.41, 5.74) is 2.30. The molecule has 0 aliphatic rings. The third-order valence-corrected chi connectivity index (χ3v) is 4.00. The lowest BCUT2D eigenvalue weighted by Gasteiger charge is -2.09. The van der Waals surface area contributed by atoms with E-state index in [2.05, 4.69) is 17.6 Å². The molecule has 0 fully saturated rings. The number of hydrogen-bond acceptors (Lipinski definition) is 2. The summed E-state index contributed by atoms with van der Waals surface area (Å²) in [7, 11) is 3.97. The maximum Gasteiger partial charge on any atom is 0.255 e. The summed E-state index contributed by atoms with van der Waals surface area (Å²) in [6, 6.07) is 14.9. The summed E-state index contributed by atoms with van der Waals surface area (Å²) >= 11 is 0. The van der Waals surface area contributed by atoms with Gasteiger partial charge in [-0.05, 0) is 48.9 Å². The zero-order valence-corrected chi connectivity index (χ0v) is 16.0. The van der Waals surface area contributed by atoms with Gasteiger partial charge in [0.05, 0.1) is 20.7 Å². The summed E-state index contributed by atoms with van der Waals surface area (Å²) < 4.78 is 7.67. The van der Waals surface area contributed by atoms with Crippen molar-refractivity contribution in [3.63, 3.8) is 0 Å². The molecule has 0 radical (unpaired) electrons. The minimum atomic E-state index is -0.150. The Balaban J connectivity index is 1.99. The first-order valence-corrected chi connectivity index (χ1v) is 8.91. The molecule has 0 atom stereocenters. The first-order valence-electron chi connectivity index (χ1n) is 8.91.